The molecule has 0 aromatic heterocycles. The number of benzene rings is 2. The summed E-state index contributed by atoms with van der Waals surface area (Å²) in [6, 6.07) is 14.1. The monoisotopic (exact) mass is 396 g/mol. The normalized spacial score (nSPS) is 14.3. The number of carboxylic acid groups (broad SMARTS) is 1. The van der Waals surface area contributed by atoms with E-state index in [4.69, 9.17) is 9.84 Å². The van der Waals surface area contributed by atoms with Crippen LogP contribution < -0.4 is 5.32 Å². The van der Waals surface area contributed by atoms with Gasteiger partial charge in [-0.2, -0.15) is 0 Å². The van der Waals surface area contributed by atoms with Gasteiger partial charge in [0, 0.05) is 13.0 Å². The van der Waals surface area contributed by atoms with Crippen LogP contribution in [0, 0.1) is 0 Å². The summed E-state index contributed by atoms with van der Waals surface area (Å²) in [7, 11) is 1.39. The van der Waals surface area contributed by atoms with Crippen molar-refractivity contribution in [3.8, 4) is 11.1 Å². The Kier molecular flexibility index (Phi) is 5.87. The smallest absolute Gasteiger partial charge is 0.407 e. The quantitative estimate of drug-likeness (QED) is 0.783. The first-order chi connectivity index (χ1) is 13.8. The summed E-state index contributed by atoms with van der Waals surface area (Å²) in [5.41, 5.74) is 4.45. The number of fused-ring (bicyclic) bond motifs is 3. The number of ether oxygens (including phenoxy) is 1. The number of hydrogen-bond acceptors (Lipinski definition) is 4. The van der Waals surface area contributed by atoms with Crippen LogP contribution in [-0.2, 0) is 14.3 Å². The summed E-state index contributed by atoms with van der Waals surface area (Å²) < 4.78 is 5.41. The Hall–Kier alpha value is -3.35. The topological polar surface area (TPSA) is 95.9 Å². The highest BCUT2D eigenvalue weighted by Crippen LogP contribution is 2.44. The van der Waals surface area contributed by atoms with Gasteiger partial charge < -0.3 is 20.1 Å². The predicted molar refractivity (Wildman–Crippen MR) is 108 cm³/mol. The molecular weight excluding hydrogens is 372 g/mol. The highest BCUT2D eigenvalue weighted by Gasteiger charge is 2.30. The average molecular weight is 396 g/mol. The fourth-order valence-corrected chi connectivity index (χ4v) is 3.54. The fourth-order valence-electron chi connectivity index (χ4n) is 3.54. The molecule has 0 fully saturated rings. The molecule has 0 heterocycles. The molecule has 2 aromatic rings. The lowest BCUT2D eigenvalue weighted by Gasteiger charge is -2.25. The molecule has 1 aliphatic carbocycles. The first-order valence-corrected chi connectivity index (χ1v) is 9.42. The zero-order chi connectivity index (χ0) is 21.1. The van der Waals surface area contributed by atoms with E-state index >= 15 is 0 Å². The van der Waals surface area contributed by atoms with E-state index in [2.05, 4.69) is 17.4 Å². The van der Waals surface area contributed by atoms with Crippen LogP contribution in [0.15, 0.2) is 48.5 Å². The van der Waals surface area contributed by atoms with Crippen LogP contribution in [-0.4, -0.2) is 53.7 Å². The van der Waals surface area contributed by atoms with Crippen molar-refractivity contribution in [2.24, 2.45) is 0 Å². The number of alkyl carbamates (subject to hydrolysis) is 1. The number of carbonyl (C=O) groups excluding carboxylic acids is 2. The number of likely N-dealkylation sites (N-methyl/N-ethyl adjacent to an activating group) is 1. The summed E-state index contributed by atoms with van der Waals surface area (Å²) in [4.78, 5) is 36.7. The molecule has 1 aliphatic rings. The molecule has 0 bridgehead atoms. The largest absolute Gasteiger partial charge is 0.480 e. The number of carbonyl (C=O) groups is 3. The van der Waals surface area contributed by atoms with E-state index in [1.54, 1.807) is 0 Å². The minimum atomic E-state index is -1.12. The SMILES string of the molecule is C[C@@H](NC(=O)OCC1c2ccccc2-c2ccccc21)C(=O)N(C)[C@@H](C)C(=O)O. The standard InChI is InChI=1S/C22H24N2O5/c1-13(20(25)24(3)14(2)21(26)27)23-22(28)29-12-19-17-10-6-4-8-15(17)16-9-5-7-11-18(16)19/h4-11,13-14,19H,12H2,1-3H3,(H,23,28)(H,26,27)/t13-,14+/m1/s1. The summed E-state index contributed by atoms with van der Waals surface area (Å²) >= 11 is 0. The third kappa shape index (κ3) is 4.08. The molecule has 2 atom stereocenters. The molecule has 152 valence electrons. The highest BCUT2D eigenvalue weighted by atomic mass is 16.5. The Bertz CT molecular complexity index is 897. The van der Waals surface area contributed by atoms with Gasteiger partial charge in [0.25, 0.3) is 0 Å². The van der Waals surface area contributed by atoms with Crippen molar-refractivity contribution in [2.45, 2.75) is 31.8 Å². The number of rotatable bonds is 6. The van der Waals surface area contributed by atoms with Crippen molar-refractivity contribution in [1.29, 1.82) is 0 Å². The second kappa shape index (κ2) is 8.34. The van der Waals surface area contributed by atoms with Gasteiger partial charge in [-0.05, 0) is 36.1 Å². The van der Waals surface area contributed by atoms with Gasteiger partial charge in [-0.3, -0.25) is 4.79 Å². The second-order valence-electron chi connectivity index (χ2n) is 7.15. The molecule has 0 saturated heterocycles. The Labute approximate surface area is 169 Å². The van der Waals surface area contributed by atoms with Gasteiger partial charge in [-0.15, -0.1) is 0 Å². The first-order valence-electron chi connectivity index (χ1n) is 9.42. The molecule has 7 nitrogen and oxygen atoms in total. The fraction of sp³-hybridized carbons (Fsp3) is 0.318. The molecule has 0 saturated carbocycles. The molecular formula is C22H24N2O5. The van der Waals surface area contributed by atoms with Gasteiger partial charge in [0.15, 0.2) is 0 Å². The third-order valence-corrected chi connectivity index (χ3v) is 5.33. The van der Waals surface area contributed by atoms with Gasteiger partial charge >= 0.3 is 12.1 Å². The maximum Gasteiger partial charge on any atom is 0.407 e. The predicted octanol–water partition coefficient (Wildman–Crippen LogP) is 2.85. The zero-order valence-electron chi connectivity index (χ0n) is 16.6. The summed E-state index contributed by atoms with van der Waals surface area (Å²) in [5, 5.41) is 11.5. The number of nitrogens with one attached hydrogen (secondary N) is 1. The Balaban J connectivity index is 1.63. The lowest BCUT2D eigenvalue weighted by Crippen LogP contribution is -2.50. The molecule has 2 aromatic carbocycles. The number of amides is 2. The number of hydrogen-bond donors (Lipinski definition) is 2. The van der Waals surface area contributed by atoms with E-state index in [-0.39, 0.29) is 12.5 Å². The van der Waals surface area contributed by atoms with Gasteiger partial charge in [0.1, 0.15) is 18.7 Å². The van der Waals surface area contributed by atoms with E-state index in [1.165, 1.54) is 20.9 Å². The minimum Gasteiger partial charge on any atom is -0.480 e. The highest BCUT2D eigenvalue weighted by molar-refractivity contribution is 5.88. The number of carboxylic acids is 1. The van der Waals surface area contributed by atoms with Crippen molar-refractivity contribution in [2.75, 3.05) is 13.7 Å². The Morgan fingerprint density at radius 3 is 2.07 bits per heavy atom. The van der Waals surface area contributed by atoms with Crippen molar-refractivity contribution in [1.82, 2.24) is 10.2 Å². The lowest BCUT2D eigenvalue weighted by atomic mass is 9.98. The molecule has 2 amide bonds. The molecule has 0 radical (unpaired) electrons. The molecule has 0 spiro atoms. The van der Waals surface area contributed by atoms with Crippen LogP contribution in [0.25, 0.3) is 11.1 Å². The van der Waals surface area contributed by atoms with Crippen molar-refractivity contribution in [3.05, 3.63) is 59.7 Å². The molecule has 2 N–H and O–H groups in total. The summed E-state index contributed by atoms with van der Waals surface area (Å²) in [6.07, 6.45) is -0.718. The van der Waals surface area contributed by atoms with Crippen LogP contribution in [0.5, 0.6) is 0 Å². The van der Waals surface area contributed by atoms with Crippen molar-refractivity contribution >= 4 is 18.0 Å². The Morgan fingerprint density at radius 2 is 1.55 bits per heavy atom. The van der Waals surface area contributed by atoms with Gasteiger partial charge in [0.05, 0.1) is 0 Å². The maximum atomic E-state index is 12.3. The lowest BCUT2D eigenvalue weighted by molar-refractivity contribution is -0.148. The molecule has 0 aliphatic heterocycles. The Morgan fingerprint density at radius 1 is 1.03 bits per heavy atom. The van der Waals surface area contributed by atoms with Crippen LogP contribution in [0.4, 0.5) is 4.79 Å². The van der Waals surface area contributed by atoms with E-state index in [0.29, 0.717) is 0 Å². The third-order valence-electron chi connectivity index (χ3n) is 5.33. The van der Waals surface area contributed by atoms with Gasteiger partial charge in [-0.1, -0.05) is 48.5 Å². The molecule has 0 unspecified atom stereocenters. The van der Waals surface area contributed by atoms with Crippen LogP contribution in [0.3, 0.4) is 0 Å². The number of aliphatic carboxylic acids is 1. The van der Waals surface area contributed by atoms with E-state index < -0.39 is 30.1 Å². The van der Waals surface area contributed by atoms with Gasteiger partial charge in [-0.25, -0.2) is 9.59 Å². The van der Waals surface area contributed by atoms with E-state index in [0.717, 1.165) is 27.2 Å². The average Bonchev–Trinajstić information content (AvgIpc) is 3.04. The van der Waals surface area contributed by atoms with Crippen LogP contribution >= 0.6 is 0 Å². The summed E-state index contributed by atoms with van der Waals surface area (Å²) in [5.74, 6) is -1.70. The van der Waals surface area contributed by atoms with Crippen molar-refractivity contribution < 1.29 is 24.2 Å². The van der Waals surface area contributed by atoms with Crippen LogP contribution in [0.2, 0.25) is 0 Å². The van der Waals surface area contributed by atoms with Gasteiger partial charge in [0.2, 0.25) is 5.91 Å². The van der Waals surface area contributed by atoms with E-state index in [1.807, 2.05) is 36.4 Å². The molecule has 29 heavy (non-hydrogen) atoms. The maximum absolute atomic E-state index is 12.3. The van der Waals surface area contributed by atoms with E-state index in [9.17, 15) is 14.4 Å². The minimum absolute atomic E-state index is 0.0751. The summed E-state index contributed by atoms with van der Waals surface area (Å²) in [6.45, 7) is 3.04. The van der Waals surface area contributed by atoms with Crippen LogP contribution in [0.1, 0.15) is 30.9 Å². The molecule has 3 rings (SSSR count). The first kappa shape index (κ1) is 20.4. The second-order valence-corrected chi connectivity index (χ2v) is 7.15. The number of nitrogens with zero attached hydrogens (tertiary/aromatic N) is 1. The molecule has 7 heteroatoms. The van der Waals surface area contributed by atoms with Crippen molar-refractivity contribution in [3.63, 3.8) is 0 Å². The zero-order valence-corrected chi connectivity index (χ0v) is 16.6.